The van der Waals surface area contributed by atoms with Crippen LogP contribution in [0.3, 0.4) is 0 Å². The van der Waals surface area contributed by atoms with Crippen molar-refractivity contribution >= 4 is 24.6 Å². The lowest BCUT2D eigenvalue weighted by Crippen LogP contribution is -2.44. The van der Waals surface area contributed by atoms with E-state index in [1.54, 1.807) is 6.07 Å². The second-order valence-electron chi connectivity index (χ2n) is 10.1. The lowest BCUT2D eigenvalue weighted by Gasteiger charge is -2.37. The second-order valence-corrected chi connectivity index (χ2v) is 10.1. The highest BCUT2D eigenvalue weighted by atomic mass is 16.6. The largest absolute Gasteiger partial charge is 0.486 e. The van der Waals surface area contributed by atoms with E-state index in [1.807, 2.05) is 42.5 Å². The summed E-state index contributed by atoms with van der Waals surface area (Å²) in [4.78, 5) is 19.4. The van der Waals surface area contributed by atoms with Gasteiger partial charge in [-0.1, -0.05) is 12.1 Å². The number of ether oxygens (including phenoxy) is 2. The summed E-state index contributed by atoms with van der Waals surface area (Å²) in [6.45, 7) is 7.35. The zero-order valence-corrected chi connectivity index (χ0v) is 21.6. The Hall–Kier alpha value is -2.97. The molecule has 5 rings (SSSR count). The van der Waals surface area contributed by atoms with Crippen LogP contribution in [0.5, 0.6) is 11.5 Å². The maximum atomic E-state index is 12.9. The fourth-order valence-corrected chi connectivity index (χ4v) is 5.29. The molecule has 3 heterocycles. The van der Waals surface area contributed by atoms with Crippen LogP contribution in [0.15, 0.2) is 47.3 Å². The van der Waals surface area contributed by atoms with Gasteiger partial charge in [-0.05, 0) is 68.2 Å². The monoisotopic (exact) mass is 486 g/mol. The van der Waals surface area contributed by atoms with Crippen molar-refractivity contribution < 1.29 is 9.47 Å². The molecule has 3 aromatic rings. The van der Waals surface area contributed by atoms with Gasteiger partial charge in [0.15, 0.2) is 19.5 Å². The van der Waals surface area contributed by atoms with E-state index in [0.717, 1.165) is 71.7 Å². The van der Waals surface area contributed by atoms with Crippen LogP contribution in [0.25, 0.3) is 10.9 Å². The van der Waals surface area contributed by atoms with E-state index < -0.39 is 0 Å². The molecule has 0 bridgehead atoms. The number of aryl methyl sites for hydroxylation is 1. The van der Waals surface area contributed by atoms with Crippen LogP contribution in [0, 0.1) is 6.92 Å². The van der Waals surface area contributed by atoms with Crippen molar-refractivity contribution in [1.29, 1.82) is 0 Å². The zero-order valence-electron chi connectivity index (χ0n) is 21.6. The number of piperidine rings is 1. The average molecular weight is 486 g/mol. The van der Waals surface area contributed by atoms with Crippen molar-refractivity contribution in [1.82, 2.24) is 14.3 Å². The fourth-order valence-electron chi connectivity index (χ4n) is 5.29. The molecule has 7 nitrogen and oxygen atoms in total. The SMILES string of the molecule is [B]N(Cc1ccc2c(c1)OCCO2)C1CCN(CCn2c(=O)cc(C)c3ccc(N(C)C)cc32)CC1. The predicted octanol–water partition coefficient (Wildman–Crippen LogP) is 3.20. The lowest BCUT2D eigenvalue weighted by atomic mass is 9.99. The molecule has 1 fully saturated rings. The Labute approximate surface area is 214 Å². The van der Waals surface area contributed by atoms with E-state index in [0.29, 0.717) is 32.3 Å². The molecule has 1 aromatic heterocycles. The molecule has 0 amide bonds. The molecule has 8 heteroatoms. The van der Waals surface area contributed by atoms with Crippen LogP contribution in [-0.2, 0) is 13.1 Å². The summed E-state index contributed by atoms with van der Waals surface area (Å²) in [5.74, 6) is 1.61. The summed E-state index contributed by atoms with van der Waals surface area (Å²) in [5.41, 5.74) is 4.33. The molecular weight excluding hydrogens is 451 g/mol. The third-order valence-electron chi connectivity index (χ3n) is 7.46. The number of hydrogen-bond donors (Lipinski definition) is 0. The highest BCUT2D eigenvalue weighted by molar-refractivity contribution is 6.04. The summed E-state index contributed by atoms with van der Waals surface area (Å²) in [6, 6.07) is 14.5. The fraction of sp³-hybridized carbons (Fsp3) is 0.464. The Balaban J connectivity index is 1.19. The van der Waals surface area contributed by atoms with Gasteiger partial charge < -0.3 is 28.7 Å². The first kappa shape index (κ1) is 24.7. The van der Waals surface area contributed by atoms with Crippen LogP contribution < -0.4 is 19.9 Å². The number of fused-ring (bicyclic) bond motifs is 2. The molecule has 0 saturated carbocycles. The van der Waals surface area contributed by atoms with E-state index in [2.05, 4.69) is 34.1 Å². The molecule has 2 aliphatic rings. The second kappa shape index (κ2) is 10.6. The topological polar surface area (TPSA) is 50.2 Å². The van der Waals surface area contributed by atoms with Crippen molar-refractivity contribution in [2.24, 2.45) is 0 Å². The molecule has 2 aromatic carbocycles. The molecule has 1 saturated heterocycles. The first-order valence-corrected chi connectivity index (χ1v) is 12.8. The summed E-state index contributed by atoms with van der Waals surface area (Å²) in [6.07, 6.45) is 2.02. The Kier molecular flexibility index (Phi) is 7.26. The minimum absolute atomic E-state index is 0.0679. The number of pyridine rings is 1. The highest BCUT2D eigenvalue weighted by Gasteiger charge is 2.23. The minimum atomic E-state index is 0.0679. The van der Waals surface area contributed by atoms with Crippen LogP contribution >= 0.6 is 0 Å². The van der Waals surface area contributed by atoms with Gasteiger partial charge in [0.25, 0.3) is 5.56 Å². The highest BCUT2D eigenvalue weighted by Crippen LogP contribution is 2.31. The van der Waals surface area contributed by atoms with Gasteiger partial charge >= 0.3 is 0 Å². The predicted molar refractivity (Wildman–Crippen MR) is 145 cm³/mol. The van der Waals surface area contributed by atoms with Gasteiger partial charge in [0, 0.05) is 56.9 Å². The normalized spacial score (nSPS) is 16.6. The average Bonchev–Trinajstić information content (AvgIpc) is 2.88. The third-order valence-corrected chi connectivity index (χ3v) is 7.46. The molecule has 0 aliphatic carbocycles. The maximum Gasteiger partial charge on any atom is 0.251 e. The molecule has 2 aliphatic heterocycles. The molecule has 0 spiro atoms. The van der Waals surface area contributed by atoms with Crippen LogP contribution in [0.1, 0.15) is 24.0 Å². The summed E-state index contributed by atoms with van der Waals surface area (Å²) in [7, 11) is 10.5. The van der Waals surface area contributed by atoms with E-state index in [9.17, 15) is 4.79 Å². The summed E-state index contributed by atoms with van der Waals surface area (Å²) in [5, 5.41) is 1.14. The quantitative estimate of drug-likeness (QED) is 0.479. The molecular formula is C28H35BN4O3. The van der Waals surface area contributed by atoms with Gasteiger partial charge in [0.1, 0.15) is 13.2 Å². The van der Waals surface area contributed by atoms with Gasteiger partial charge in [0.2, 0.25) is 0 Å². The van der Waals surface area contributed by atoms with E-state index in [-0.39, 0.29) is 5.56 Å². The van der Waals surface area contributed by atoms with Gasteiger partial charge in [-0.15, -0.1) is 0 Å². The number of likely N-dealkylation sites (tertiary alicyclic amines) is 1. The zero-order chi connectivity index (χ0) is 25.2. The molecule has 2 radical (unpaired) electrons. The van der Waals surface area contributed by atoms with Crippen molar-refractivity contribution in [3.05, 3.63) is 63.9 Å². The molecule has 36 heavy (non-hydrogen) atoms. The minimum Gasteiger partial charge on any atom is -0.486 e. The van der Waals surface area contributed by atoms with Crippen molar-refractivity contribution in [2.75, 3.05) is 51.8 Å². The molecule has 0 unspecified atom stereocenters. The van der Waals surface area contributed by atoms with Crippen molar-refractivity contribution in [3.63, 3.8) is 0 Å². The van der Waals surface area contributed by atoms with E-state index in [1.165, 1.54) is 0 Å². The molecule has 188 valence electrons. The number of benzene rings is 2. The third kappa shape index (κ3) is 5.25. The van der Waals surface area contributed by atoms with Crippen LogP contribution in [-0.4, -0.2) is 75.2 Å². The number of nitrogens with zero attached hydrogens (tertiary/aromatic N) is 4. The summed E-state index contributed by atoms with van der Waals surface area (Å²) >= 11 is 0. The van der Waals surface area contributed by atoms with E-state index in [4.69, 9.17) is 17.5 Å². The van der Waals surface area contributed by atoms with Crippen LogP contribution in [0.2, 0.25) is 0 Å². The number of hydrogen-bond acceptors (Lipinski definition) is 6. The van der Waals surface area contributed by atoms with Crippen LogP contribution in [0.4, 0.5) is 5.69 Å². The standard InChI is InChI=1S/C28H35BN4O3/c1-20-16-28(34)32(25-18-23(30(2)3)5-6-24(20)25)13-12-31-10-8-22(9-11-31)33(29)19-21-4-7-26-27(17-21)36-15-14-35-26/h4-7,16-18,22H,8-15,19H2,1-3H3. The van der Waals surface area contributed by atoms with Gasteiger partial charge in [0.05, 0.1) is 5.52 Å². The molecule has 0 atom stereocenters. The Morgan fingerprint density at radius 3 is 2.47 bits per heavy atom. The Morgan fingerprint density at radius 2 is 1.72 bits per heavy atom. The Bertz CT molecular complexity index is 1280. The maximum absolute atomic E-state index is 12.9. The number of anilines is 1. The smallest absolute Gasteiger partial charge is 0.251 e. The van der Waals surface area contributed by atoms with Gasteiger partial charge in [-0.2, -0.15) is 0 Å². The summed E-state index contributed by atoms with van der Waals surface area (Å²) < 4.78 is 13.3. The number of aromatic nitrogens is 1. The lowest BCUT2D eigenvalue weighted by molar-refractivity contribution is 0.153. The first-order chi connectivity index (χ1) is 17.4. The van der Waals surface area contributed by atoms with Crippen molar-refractivity contribution in [2.45, 2.75) is 38.9 Å². The van der Waals surface area contributed by atoms with Crippen molar-refractivity contribution in [3.8, 4) is 11.5 Å². The number of rotatable bonds is 7. The van der Waals surface area contributed by atoms with Gasteiger partial charge in [-0.3, -0.25) is 4.79 Å². The van der Waals surface area contributed by atoms with Gasteiger partial charge in [-0.25, -0.2) is 0 Å². The van der Waals surface area contributed by atoms with E-state index >= 15 is 0 Å². The Morgan fingerprint density at radius 1 is 0.972 bits per heavy atom. The first-order valence-electron chi connectivity index (χ1n) is 12.8. The molecule has 0 N–H and O–H groups in total.